The summed E-state index contributed by atoms with van der Waals surface area (Å²) in [6.45, 7) is 0. The second kappa shape index (κ2) is 7.75. The molecule has 2 rings (SSSR count). The molecule has 0 aliphatic rings. The molecule has 2 aromatic carbocycles. The van der Waals surface area contributed by atoms with E-state index in [1.807, 2.05) is 0 Å². The van der Waals surface area contributed by atoms with Crippen molar-refractivity contribution in [3.8, 4) is 5.75 Å². The highest BCUT2D eigenvalue weighted by atomic mass is 35.5. The number of ether oxygens (including phenoxy) is 1. The monoisotopic (exact) mass is 451 g/mol. The first-order chi connectivity index (χ1) is 10.7. The van der Waals surface area contributed by atoms with E-state index in [1.54, 1.807) is 0 Å². The van der Waals surface area contributed by atoms with Gasteiger partial charge in [-0.3, -0.25) is 5.32 Å². The summed E-state index contributed by atoms with van der Waals surface area (Å²) >= 11 is 41.2. The molecule has 10 heteroatoms. The SMILES string of the molecule is O=C(Nc1cc(Cl)cc(Cl)c1)Oc1c(Cl)c(Cl)c(Cl)c(Cl)c1Cl. The van der Waals surface area contributed by atoms with Crippen LogP contribution in [0.5, 0.6) is 5.75 Å². The number of carbonyl (C=O) groups excluding carboxylic acids is 1. The molecule has 3 nitrogen and oxygen atoms in total. The Kier molecular flexibility index (Phi) is 6.42. The van der Waals surface area contributed by atoms with E-state index < -0.39 is 6.09 Å². The van der Waals surface area contributed by atoms with Crippen molar-refractivity contribution < 1.29 is 9.53 Å². The third-order valence-corrected chi connectivity index (χ3v) is 5.15. The number of hydrogen-bond donors (Lipinski definition) is 1. The minimum atomic E-state index is -0.901. The highest BCUT2D eigenvalue weighted by molar-refractivity contribution is 6.55. The van der Waals surface area contributed by atoms with E-state index in [1.165, 1.54) is 18.2 Å². The Morgan fingerprint density at radius 1 is 0.739 bits per heavy atom. The van der Waals surface area contributed by atoms with Gasteiger partial charge < -0.3 is 4.74 Å². The van der Waals surface area contributed by atoms with Crippen LogP contribution in [0.3, 0.4) is 0 Å². The Bertz CT molecular complexity index is 745. The first-order valence-electron chi connectivity index (χ1n) is 5.67. The quantitative estimate of drug-likeness (QED) is 0.370. The van der Waals surface area contributed by atoms with Crippen molar-refractivity contribution in [2.24, 2.45) is 0 Å². The second-order valence-electron chi connectivity index (χ2n) is 4.07. The van der Waals surface area contributed by atoms with E-state index in [9.17, 15) is 4.79 Å². The van der Waals surface area contributed by atoms with Crippen molar-refractivity contribution >= 4 is 93.0 Å². The Hall–Kier alpha value is -0.260. The smallest absolute Gasteiger partial charge is 0.407 e. The molecule has 1 amide bonds. The lowest BCUT2D eigenvalue weighted by atomic mass is 10.3. The van der Waals surface area contributed by atoms with Crippen molar-refractivity contribution in [2.45, 2.75) is 0 Å². The predicted octanol–water partition coefficient (Wildman–Crippen LogP) is 7.87. The number of amides is 1. The molecule has 0 saturated carbocycles. The lowest BCUT2D eigenvalue weighted by molar-refractivity contribution is 0.215. The van der Waals surface area contributed by atoms with Gasteiger partial charge in [0.1, 0.15) is 10.0 Å². The highest BCUT2D eigenvalue weighted by Gasteiger charge is 2.22. The normalized spacial score (nSPS) is 10.6. The minimum Gasteiger partial charge on any atom is -0.407 e. The molecule has 0 aromatic heterocycles. The van der Waals surface area contributed by atoms with Crippen LogP contribution in [0.1, 0.15) is 0 Å². The van der Waals surface area contributed by atoms with E-state index in [4.69, 9.17) is 85.9 Å². The molecule has 0 fully saturated rings. The molecule has 0 unspecified atom stereocenters. The van der Waals surface area contributed by atoms with Crippen molar-refractivity contribution in [1.29, 1.82) is 0 Å². The maximum absolute atomic E-state index is 12.0. The zero-order chi connectivity index (χ0) is 17.3. The van der Waals surface area contributed by atoms with Gasteiger partial charge in [-0.1, -0.05) is 81.2 Å². The number of carbonyl (C=O) groups is 1. The van der Waals surface area contributed by atoms with Gasteiger partial charge >= 0.3 is 6.09 Å². The van der Waals surface area contributed by atoms with Crippen molar-refractivity contribution in [3.63, 3.8) is 0 Å². The summed E-state index contributed by atoms with van der Waals surface area (Å²) in [5.74, 6) is -0.224. The summed E-state index contributed by atoms with van der Waals surface area (Å²) in [5, 5.41) is 2.57. The lowest BCUT2D eigenvalue weighted by Crippen LogP contribution is -2.17. The summed E-state index contributed by atoms with van der Waals surface area (Å²) in [5.41, 5.74) is 0.311. The molecule has 0 radical (unpaired) electrons. The van der Waals surface area contributed by atoms with Crippen molar-refractivity contribution in [1.82, 2.24) is 0 Å². The zero-order valence-corrected chi connectivity index (χ0v) is 16.0. The van der Waals surface area contributed by atoms with E-state index in [0.29, 0.717) is 15.7 Å². The third kappa shape index (κ3) is 4.43. The molecular formula is C13H4Cl7NO2. The van der Waals surface area contributed by atoms with Crippen LogP contribution in [-0.4, -0.2) is 6.09 Å². The van der Waals surface area contributed by atoms with Crippen molar-refractivity contribution in [2.75, 3.05) is 5.32 Å². The fraction of sp³-hybridized carbons (Fsp3) is 0. The standard InChI is InChI=1S/C13H4Cl7NO2/c14-4-1-5(15)3-6(2-4)21-13(22)23-12-10(19)8(17)7(16)9(18)11(12)20/h1-3H,(H,21,22). The lowest BCUT2D eigenvalue weighted by Gasteiger charge is -2.13. The van der Waals surface area contributed by atoms with Gasteiger partial charge in [-0.05, 0) is 18.2 Å². The molecule has 0 aliphatic carbocycles. The van der Waals surface area contributed by atoms with Crippen LogP contribution in [0.15, 0.2) is 18.2 Å². The fourth-order valence-corrected chi connectivity index (χ4v) is 3.26. The Morgan fingerprint density at radius 3 is 1.65 bits per heavy atom. The molecule has 0 bridgehead atoms. The molecule has 0 atom stereocenters. The van der Waals surface area contributed by atoms with Gasteiger partial charge in [0.2, 0.25) is 0 Å². The summed E-state index contributed by atoms with van der Waals surface area (Å²) in [7, 11) is 0. The van der Waals surface area contributed by atoms with Crippen LogP contribution in [0.4, 0.5) is 10.5 Å². The molecule has 122 valence electrons. The van der Waals surface area contributed by atoms with E-state index in [-0.39, 0.29) is 30.9 Å². The highest BCUT2D eigenvalue weighted by Crippen LogP contribution is 2.48. The molecule has 23 heavy (non-hydrogen) atoms. The summed E-state index contributed by atoms with van der Waals surface area (Å²) in [4.78, 5) is 12.0. The third-order valence-electron chi connectivity index (χ3n) is 2.47. The van der Waals surface area contributed by atoms with Gasteiger partial charge in [-0.2, -0.15) is 0 Å². The second-order valence-corrected chi connectivity index (χ2v) is 6.83. The number of hydrogen-bond acceptors (Lipinski definition) is 2. The molecule has 0 saturated heterocycles. The van der Waals surface area contributed by atoms with Crippen LogP contribution in [0.25, 0.3) is 0 Å². The summed E-state index contributed by atoms with van der Waals surface area (Å²) in [6.07, 6.45) is -0.901. The van der Waals surface area contributed by atoms with Gasteiger partial charge in [0.15, 0.2) is 5.75 Å². The number of nitrogens with one attached hydrogen (secondary N) is 1. The molecule has 0 spiro atoms. The van der Waals surface area contributed by atoms with Crippen LogP contribution in [0.2, 0.25) is 35.2 Å². The molecule has 0 heterocycles. The first kappa shape index (κ1) is 19.1. The summed E-state index contributed by atoms with van der Waals surface area (Å²) < 4.78 is 5.05. The fourth-order valence-electron chi connectivity index (χ4n) is 1.54. The molecule has 0 aliphatic heterocycles. The van der Waals surface area contributed by atoms with Crippen LogP contribution >= 0.6 is 81.2 Å². The van der Waals surface area contributed by atoms with Crippen molar-refractivity contribution in [3.05, 3.63) is 53.4 Å². The van der Waals surface area contributed by atoms with Crippen LogP contribution < -0.4 is 10.1 Å². The maximum Gasteiger partial charge on any atom is 0.417 e. The van der Waals surface area contributed by atoms with Gasteiger partial charge in [0, 0.05) is 15.7 Å². The van der Waals surface area contributed by atoms with Crippen LogP contribution in [0, 0.1) is 0 Å². The zero-order valence-electron chi connectivity index (χ0n) is 10.7. The van der Waals surface area contributed by atoms with Gasteiger partial charge in [0.25, 0.3) is 0 Å². The Labute approximate surface area is 166 Å². The average Bonchev–Trinajstić information content (AvgIpc) is 2.46. The Balaban J connectivity index is 2.27. The summed E-state index contributed by atoms with van der Waals surface area (Å²) in [6, 6.07) is 4.45. The largest absolute Gasteiger partial charge is 0.417 e. The van der Waals surface area contributed by atoms with E-state index >= 15 is 0 Å². The first-order valence-corrected chi connectivity index (χ1v) is 8.31. The van der Waals surface area contributed by atoms with E-state index in [0.717, 1.165) is 0 Å². The maximum atomic E-state index is 12.0. The van der Waals surface area contributed by atoms with Gasteiger partial charge in [-0.25, -0.2) is 4.79 Å². The number of rotatable bonds is 2. The van der Waals surface area contributed by atoms with Gasteiger partial charge in [-0.15, -0.1) is 0 Å². The Morgan fingerprint density at radius 2 is 1.17 bits per heavy atom. The number of benzene rings is 2. The van der Waals surface area contributed by atoms with Crippen LogP contribution in [-0.2, 0) is 0 Å². The number of anilines is 1. The average molecular weight is 454 g/mol. The molecule has 1 N–H and O–H groups in total. The molecular weight excluding hydrogens is 450 g/mol. The van der Waals surface area contributed by atoms with E-state index in [2.05, 4.69) is 5.32 Å². The van der Waals surface area contributed by atoms with Gasteiger partial charge in [0.05, 0.1) is 15.1 Å². The molecule has 2 aromatic rings. The minimum absolute atomic E-state index is 0.0438. The predicted molar refractivity (Wildman–Crippen MR) is 97.6 cm³/mol. The topological polar surface area (TPSA) is 38.3 Å². The number of halogens is 7.